The fraction of sp³-hybridized carbons (Fsp3) is 0.286. The topological polar surface area (TPSA) is 71.1 Å². The Bertz CT molecular complexity index is 1050. The lowest BCUT2D eigenvalue weighted by atomic mass is 10.1. The summed E-state index contributed by atoms with van der Waals surface area (Å²) in [5.74, 6) is 1.25. The van der Waals surface area contributed by atoms with Crippen LogP contribution >= 0.6 is 23.4 Å². The molecule has 1 N–H and O–H groups in total. The number of nitrogens with one attached hydrogen (secondary N) is 1. The first kappa shape index (κ1) is 19.8. The van der Waals surface area contributed by atoms with Crippen molar-refractivity contribution in [1.29, 1.82) is 0 Å². The van der Waals surface area contributed by atoms with Gasteiger partial charge in [0.2, 0.25) is 11.1 Å². The number of aromatic amines is 1. The highest BCUT2D eigenvalue weighted by Gasteiger charge is 2.33. The average molecular weight is 429 g/mol. The highest BCUT2D eigenvalue weighted by Crippen LogP contribution is 2.35. The van der Waals surface area contributed by atoms with Crippen molar-refractivity contribution < 1.29 is 9.53 Å². The van der Waals surface area contributed by atoms with Gasteiger partial charge in [0, 0.05) is 16.8 Å². The number of H-pyrrole nitrogens is 1. The fourth-order valence-corrected chi connectivity index (χ4v) is 4.54. The lowest BCUT2D eigenvalue weighted by molar-refractivity contribution is -0.118. The number of para-hydroxylation sites is 1. The lowest BCUT2D eigenvalue weighted by Gasteiger charge is -2.25. The van der Waals surface area contributed by atoms with E-state index in [4.69, 9.17) is 16.3 Å². The van der Waals surface area contributed by atoms with Crippen molar-refractivity contribution >= 4 is 35.0 Å². The van der Waals surface area contributed by atoms with E-state index in [1.165, 1.54) is 17.3 Å². The van der Waals surface area contributed by atoms with Crippen molar-refractivity contribution in [1.82, 2.24) is 15.2 Å². The van der Waals surface area contributed by atoms with E-state index in [1.807, 2.05) is 30.0 Å². The summed E-state index contributed by atoms with van der Waals surface area (Å²) in [6.07, 6.45) is 0.874. The van der Waals surface area contributed by atoms with Gasteiger partial charge < -0.3 is 9.64 Å². The average Bonchev–Trinajstić information content (AvgIpc) is 3.30. The second kappa shape index (κ2) is 8.08. The van der Waals surface area contributed by atoms with Crippen LogP contribution in [0.1, 0.15) is 19.4 Å². The van der Waals surface area contributed by atoms with Gasteiger partial charge in [0.05, 0.1) is 17.9 Å². The molecule has 1 amide bonds. The van der Waals surface area contributed by atoms with Crippen LogP contribution in [0.2, 0.25) is 5.02 Å². The van der Waals surface area contributed by atoms with Gasteiger partial charge in [-0.3, -0.25) is 9.89 Å². The van der Waals surface area contributed by atoms with Crippen LogP contribution < -0.4 is 9.64 Å². The van der Waals surface area contributed by atoms with Gasteiger partial charge in [0.25, 0.3) is 0 Å². The number of carbonyl (C=O) groups is 1. The van der Waals surface area contributed by atoms with E-state index in [1.54, 1.807) is 25.3 Å². The summed E-state index contributed by atoms with van der Waals surface area (Å²) in [6, 6.07) is 13.5. The molecule has 1 aliphatic heterocycles. The molecule has 2 aromatic carbocycles. The van der Waals surface area contributed by atoms with Gasteiger partial charge in [0.1, 0.15) is 5.75 Å². The monoisotopic (exact) mass is 428 g/mol. The minimum Gasteiger partial charge on any atom is -0.496 e. The first-order chi connectivity index (χ1) is 14.0. The number of aromatic nitrogens is 3. The smallest absolute Gasteiger partial charge is 0.240 e. The van der Waals surface area contributed by atoms with E-state index < -0.39 is 0 Å². The van der Waals surface area contributed by atoms with E-state index in [-0.39, 0.29) is 17.2 Å². The molecule has 29 heavy (non-hydrogen) atoms. The molecule has 2 heterocycles. The minimum absolute atomic E-state index is 0.0548. The van der Waals surface area contributed by atoms with E-state index in [0.29, 0.717) is 21.8 Å². The number of methoxy groups -OCH3 is 1. The van der Waals surface area contributed by atoms with Gasteiger partial charge >= 0.3 is 0 Å². The summed E-state index contributed by atoms with van der Waals surface area (Å²) in [5.41, 5.74) is 2.93. The van der Waals surface area contributed by atoms with E-state index in [0.717, 1.165) is 17.7 Å². The van der Waals surface area contributed by atoms with Crippen molar-refractivity contribution in [2.75, 3.05) is 12.0 Å². The molecule has 0 saturated carbocycles. The number of hydrogen-bond acceptors (Lipinski definition) is 5. The molecule has 2 atom stereocenters. The number of carbonyl (C=O) groups excluding carboxylic acids is 1. The Balaban J connectivity index is 1.52. The van der Waals surface area contributed by atoms with E-state index in [9.17, 15) is 4.79 Å². The maximum atomic E-state index is 13.1. The molecule has 8 heteroatoms. The Kier molecular flexibility index (Phi) is 5.52. The standard InChI is InChI=1S/C21H21ClN4O2S/c1-12-10-14-6-4-5-7-17(14)26(12)20(27)13(2)29-21-23-19(24-25-21)16-11-15(22)8-9-18(16)28-3/h4-9,11-13H,10H2,1-3H3,(H,23,24,25). The summed E-state index contributed by atoms with van der Waals surface area (Å²) in [4.78, 5) is 19.6. The van der Waals surface area contributed by atoms with E-state index >= 15 is 0 Å². The number of halogens is 1. The highest BCUT2D eigenvalue weighted by atomic mass is 35.5. The number of nitrogens with zero attached hydrogens (tertiary/aromatic N) is 3. The predicted molar refractivity (Wildman–Crippen MR) is 116 cm³/mol. The largest absolute Gasteiger partial charge is 0.496 e. The summed E-state index contributed by atoms with van der Waals surface area (Å²) in [5, 5.41) is 7.94. The van der Waals surface area contributed by atoms with Crippen LogP contribution in [-0.4, -0.2) is 39.5 Å². The maximum absolute atomic E-state index is 13.1. The molecular weight excluding hydrogens is 408 g/mol. The molecule has 0 saturated heterocycles. The quantitative estimate of drug-likeness (QED) is 0.601. The minimum atomic E-state index is -0.325. The zero-order valence-electron chi connectivity index (χ0n) is 16.3. The maximum Gasteiger partial charge on any atom is 0.240 e. The fourth-order valence-electron chi connectivity index (χ4n) is 3.59. The van der Waals surface area contributed by atoms with Gasteiger partial charge in [0.15, 0.2) is 5.82 Å². The molecule has 1 aromatic heterocycles. The van der Waals surface area contributed by atoms with Gasteiger partial charge in [-0.1, -0.05) is 41.6 Å². The second-order valence-corrected chi connectivity index (χ2v) is 8.71. The molecule has 0 spiro atoms. The molecule has 6 nitrogen and oxygen atoms in total. The third kappa shape index (κ3) is 3.84. The van der Waals surface area contributed by atoms with E-state index in [2.05, 4.69) is 28.2 Å². The van der Waals surface area contributed by atoms with Crippen LogP contribution in [0.5, 0.6) is 5.75 Å². The molecule has 0 fully saturated rings. The number of rotatable bonds is 5. The molecule has 1 aliphatic rings. The zero-order chi connectivity index (χ0) is 20.5. The number of fused-ring (bicyclic) bond motifs is 1. The van der Waals surface area contributed by atoms with Gasteiger partial charge in [-0.25, -0.2) is 4.98 Å². The second-order valence-electron chi connectivity index (χ2n) is 6.96. The van der Waals surface area contributed by atoms with Crippen molar-refractivity contribution in [3.63, 3.8) is 0 Å². The van der Waals surface area contributed by atoms with Crippen molar-refractivity contribution in [3.8, 4) is 17.1 Å². The molecule has 0 bridgehead atoms. The van der Waals surface area contributed by atoms with Crippen molar-refractivity contribution in [2.45, 2.75) is 36.7 Å². The van der Waals surface area contributed by atoms with Crippen LogP contribution in [0, 0.1) is 0 Å². The molecule has 0 radical (unpaired) electrons. The van der Waals surface area contributed by atoms with Gasteiger partial charge in [-0.05, 0) is 50.1 Å². The number of ether oxygens (including phenoxy) is 1. The highest BCUT2D eigenvalue weighted by molar-refractivity contribution is 8.00. The van der Waals surface area contributed by atoms with Crippen LogP contribution in [-0.2, 0) is 11.2 Å². The normalized spacial score (nSPS) is 16.6. The Hall–Kier alpha value is -2.51. The third-order valence-electron chi connectivity index (χ3n) is 4.96. The Labute approximate surface area is 178 Å². The summed E-state index contributed by atoms with van der Waals surface area (Å²) >= 11 is 7.44. The Morgan fingerprint density at radius 1 is 1.34 bits per heavy atom. The Morgan fingerprint density at radius 3 is 2.93 bits per heavy atom. The van der Waals surface area contributed by atoms with Crippen LogP contribution in [0.3, 0.4) is 0 Å². The summed E-state index contributed by atoms with van der Waals surface area (Å²) in [6.45, 7) is 3.96. The first-order valence-corrected chi connectivity index (χ1v) is 10.6. The number of amides is 1. The molecule has 150 valence electrons. The molecule has 0 aliphatic carbocycles. The van der Waals surface area contributed by atoms with Crippen molar-refractivity contribution in [3.05, 3.63) is 53.1 Å². The summed E-state index contributed by atoms with van der Waals surface area (Å²) in [7, 11) is 1.59. The van der Waals surface area contributed by atoms with Crippen molar-refractivity contribution in [2.24, 2.45) is 0 Å². The van der Waals surface area contributed by atoms with Gasteiger partial charge in [-0.15, -0.1) is 5.10 Å². The van der Waals surface area contributed by atoms with Crippen LogP contribution in [0.15, 0.2) is 47.6 Å². The van der Waals surface area contributed by atoms with Gasteiger partial charge in [-0.2, -0.15) is 0 Å². The third-order valence-corrected chi connectivity index (χ3v) is 6.14. The number of thioether (sulfide) groups is 1. The lowest BCUT2D eigenvalue weighted by Crippen LogP contribution is -2.40. The first-order valence-electron chi connectivity index (χ1n) is 9.32. The SMILES string of the molecule is COc1ccc(Cl)cc1-c1nc(SC(C)C(=O)N2c3ccccc3CC2C)n[nH]1. The number of hydrogen-bond donors (Lipinski definition) is 1. The molecular formula is C21H21ClN4O2S. The molecule has 4 rings (SSSR count). The molecule has 2 unspecified atom stereocenters. The number of benzene rings is 2. The zero-order valence-corrected chi connectivity index (χ0v) is 17.9. The van der Waals surface area contributed by atoms with Crippen LogP contribution in [0.4, 0.5) is 5.69 Å². The Morgan fingerprint density at radius 2 is 2.14 bits per heavy atom. The number of anilines is 1. The predicted octanol–water partition coefficient (Wildman–Crippen LogP) is 4.59. The summed E-state index contributed by atoms with van der Waals surface area (Å²) < 4.78 is 5.38. The molecule has 3 aromatic rings. The van der Waals surface area contributed by atoms with Crippen LogP contribution in [0.25, 0.3) is 11.4 Å².